The number of nitrogens with one attached hydrogen (secondary N) is 1. The molecule has 6 nitrogen and oxygen atoms in total. The van der Waals surface area contributed by atoms with Gasteiger partial charge in [0.2, 0.25) is 0 Å². The molecule has 3 aromatic rings. The largest absolute Gasteiger partial charge is 0.487 e. The van der Waals surface area contributed by atoms with Gasteiger partial charge in [0.15, 0.2) is 0 Å². The van der Waals surface area contributed by atoms with Crippen molar-refractivity contribution in [1.29, 1.82) is 0 Å². The van der Waals surface area contributed by atoms with E-state index in [1.54, 1.807) is 24.3 Å². The lowest BCUT2D eigenvalue weighted by molar-refractivity contribution is -0.122. The molecule has 0 aromatic heterocycles. The Hall–Kier alpha value is -2.50. The second kappa shape index (κ2) is 11.0. The summed E-state index contributed by atoms with van der Waals surface area (Å²) >= 11 is 9.28. The highest BCUT2D eigenvalue weighted by molar-refractivity contribution is 14.1. The van der Waals surface area contributed by atoms with Crippen LogP contribution in [0.15, 0.2) is 75.2 Å². The van der Waals surface area contributed by atoms with E-state index in [9.17, 15) is 14.4 Å². The van der Waals surface area contributed by atoms with E-state index in [0.29, 0.717) is 32.6 Å². The molecule has 0 atom stereocenters. The second-order valence-corrected chi connectivity index (χ2v) is 10.7. The van der Waals surface area contributed by atoms with E-state index in [0.717, 1.165) is 26.0 Å². The second-order valence-electron chi connectivity index (χ2n) is 7.71. The van der Waals surface area contributed by atoms with Gasteiger partial charge in [0.25, 0.3) is 11.8 Å². The van der Waals surface area contributed by atoms with Gasteiger partial charge >= 0.3 is 6.03 Å². The Bertz CT molecular complexity index is 1320. The molecular formula is C26H19Br2IN2O4. The van der Waals surface area contributed by atoms with Gasteiger partial charge < -0.3 is 4.74 Å². The highest BCUT2D eigenvalue weighted by Gasteiger charge is 2.36. The smallest absolute Gasteiger partial charge is 0.335 e. The van der Waals surface area contributed by atoms with Crippen LogP contribution in [0.1, 0.15) is 23.6 Å². The van der Waals surface area contributed by atoms with Gasteiger partial charge in [0.1, 0.15) is 17.9 Å². The minimum Gasteiger partial charge on any atom is -0.487 e. The summed E-state index contributed by atoms with van der Waals surface area (Å²) in [4.78, 5) is 39.1. The van der Waals surface area contributed by atoms with Crippen molar-refractivity contribution in [3.05, 3.63) is 95.4 Å². The van der Waals surface area contributed by atoms with Gasteiger partial charge in [-0.2, -0.15) is 0 Å². The van der Waals surface area contributed by atoms with Crippen LogP contribution in [0.3, 0.4) is 0 Å². The number of barbiturate groups is 1. The molecule has 0 unspecified atom stereocenters. The van der Waals surface area contributed by atoms with E-state index in [1.165, 1.54) is 6.08 Å². The van der Waals surface area contributed by atoms with E-state index in [-0.39, 0.29) is 5.57 Å². The first kappa shape index (κ1) is 25.6. The number of benzene rings is 3. The molecule has 4 amide bonds. The lowest BCUT2D eigenvalue weighted by Crippen LogP contribution is -2.54. The fraction of sp³-hybridized carbons (Fsp3) is 0.115. The molecule has 1 heterocycles. The van der Waals surface area contributed by atoms with Crippen molar-refractivity contribution in [3.63, 3.8) is 0 Å². The SMILES string of the molecule is CCc1ccc(N2C(=O)NC(=O)/C(=C/c3cc(Br)c(OCc4ccc(I)cc4)c(Br)c3)C2=O)cc1. The van der Waals surface area contributed by atoms with Gasteiger partial charge in [-0.25, -0.2) is 9.69 Å². The van der Waals surface area contributed by atoms with Crippen LogP contribution in [0.5, 0.6) is 5.75 Å². The minimum absolute atomic E-state index is 0.143. The number of hydrogen-bond acceptors (Lipinski definition) is 4. The van der Waals surface area contributed by atoms with Gasteiger partial charge in [0, 0.05) is 3.57 Å². The van der Waals surface area contributed by atoms with Gasteiger partial charge in [-0.15, -0.1) is 0 Å². The number of urea groups is 1. The monoisotopic (exact) mass is 708 g/mol. The summed E-state index contributed by atoms with van der Waals surface area (Å²) in [5, 5.41) is 2.25. The zero-order valence-electron chi connectivity index (χ0n) is 18.5. The summed E-state index contributed by atoms with van der Waals surface area (Å²) in [6.07, 6.45) is 2.29. The predicted molar refractivity (Wildman–Crippen MR) is 150 cm³/mol. The number of rotatable bonds is 6. The quantitative estimate of drug-likeness (QED) is 0.177. The predicted octanol–water partition coefficient (Wildman–Crippen LogP) is 6.62. The van der Waals surface area contributed by atoms with Crippen LogP contribution in [0, 0.1) is 3.57 Å². The Balaban J connectivity index is 1.59. The van der Waals surface area contributed by atoms with Gasteiger partial charge in [0.05, 0.1) is 14.6 Å². The Morgan fingerprint density at radius 1 is 0.943 bits per heavy atom. The molecule has 0 aliphatic carbocycles. The molecule has 0 radical (unpaired) electrons. The summed E-state index contributed by atoms with van der Waals surface area (Å²) in [5.41, 5.74) is 2.93. The van der Waals surface area contributed by atoms with Crippen molar-refractivity contribution >= 4 is 84.1 Å². The first-order chi connectivity index (χ1) is 16.8. The number of amides is 4. The normalized spacial score (nSPS) is 14.9. The molecule has 0 spiro atoms. The number of carbonyl (C=O) groups excluding carboxylic acids is 3. The van der Waals surface area contributed by atoms with E-state index in [4.69, 9.17) is 4.74 Å². The van der Waals surface area contributed by atoms with Gasteiger partial charge in [-0.1, -0.05) is 31.2 Å². The number of halogens is 3. The van der Waals surface area contributed by atoms with Crippen molar-refractivity contribution < 1.29 is 19.1 Å². The topological polar surface area (TPSA) is 75.7 Å². The standard InChI is InChI=1S/C26H19Br2IN2O4/c1-2-15-5-9-19(10-6-15)31-25(33)20(24(32)30-26(31)34)11-17-12-21(27)23(22(28)13-17)35-14-16-3-7-18(29)8-4-16/h3-13H,2,14H2,1H3,(H,30,32,34)/b20-11-. The zero-order chi connectivity index (χ0) is 25.1. The van der Waals surface area contributed by atoms with Crippen molar-refractivity contribution in [3.8, 4) is 5.75 Å². The number of carbonyl (C=O) groups is 3. The third-order valence-electron chi connectivity index (χ3n) is 5.33. The molecule has 0 saturated carbocycles. The Morgan fingerprint density at radius 2 is 1.54 bits per heavy atom. The Labute approximate surface area is 233 Å². The summed E-state index contributed by atoms with van der Waals surface area (Å²) in [5.74, 6) is -0.833. The van der Waals surface area contributed by atoms with Crippen LogP contribution in [-0.2, 0) is 22.6 Å². The van der Waals surface area contributed by atoms with E-state index >= 15 is 0 Å². The first-order valence-corrected chi connectivity index (χ1v) is 13.3. The van der Waals surface area contributed by atoms with Crippen LogP contribution in [-0.4, -0.2) is 17.8 Å². The Morgan fingerprint density at radius 3 is 2.14 bits per heavy atom. The molecule has 4 rings (SSSR count). The molecule has 35 heavy (non-hydrogen) atoms. The van der Waals surface area contributed by atoms with Gasteiger partial charge in [-0.05, 0) is 120 Å². The molecule has 178 valence electrons. The van der Waals surface area contributed by atoms with Crippen molar-refractivity contribution in [2.75, 3.05) is 4.90 Å². The highest BCUT2D eigenvalue weighted by Crippen LogP contribution is 2.36. The average molecular weight is 710 g/mol. The van der Waals surface area contributed by atoms with Crippen molar-refractivity contribution in [2.45, 2.75) is 20.0 Å². The van der Waals surface area contributed by atoms with Crippen molar-refractivity contribution in [2.24, 2.45) is 0 Å². The Kier molecular flexibility index (Phi) is 8.08. The lowest BCUT2D eigenvalue weighted by atomic mass is 10.1. The van der Waals surface area contributed by atoms with E-state index < -0.39 is 17.8 Å². The van der Waals surface area contributed by atoms with Crippen LogP contribution in [0.2, 0.25) is 0 Å². The average Bonchev–Trinajstić information content (AvgIpc) is 2.82. The summed E-state index contributed by atoms with van der Waals surface area (Å²) < 4.78 is 8.41. The number of nitrogens with zero attached hydrogens (tertiary/aromatic N) is 1. The zero-order valence-corrected chi connectivity index (χ0v) is 23.8. The number of imide groups is 2. The maximum atomic E-state index is 13.2. The van der Waals surface area contributed by atoms with Crippen LogP contribution < -0.4 is 15.0 Å². The lowest BCUT2D eigenvalue weighted by Gasteiger charge is -2.26. The molecule has 1 N–H and O–H groups in total. The van der Waals surface area contributed by atoms with E-state index in [2.05, 4.69) is 59.8 Å². The van der Waals surface area contributed by atoms with Gasteiger partial charge in [-0.3, -0.25) is 14.9 Å². The van der Waals surface area contributed by atoms with Crippen LogP contribution in [0.25, 0.3) is 6.08 Å². The first-order valence-electron chi connectivity index (χ1n) is 10.6. The molecule has 1 saturated heterocycles. The summed E-state index contributed by atoms with van der Waals surface area (Å²) in [7, 11) is 0. The highest BCUT2D eigenvalue weighted by atomic mass is 127. The van der Waals surface area contributed by atoms with Crippen molar-refractivity contribution in [1.82, 2.24) is 5.32 Å². The van der Waals surface area contributed by atoms with E-state index in [1.807, 2.05) is 43.3 Å². The summed E-state index contributed by atoms with van der Waals surface area (Å²) in [6, 6.07) is 17.8. The summed E-state index contributed by atoms with van der Waals surface area (Å²) in [6.45, 7) is 2.39. The molecular weight excluding hydrogens is 691 g/mol. The maximum Gasteiger partial charge on any atom is 0.335 e. The fourth-order valence-corrected chi connectivity index (χ4v) is 5.29. The number of aryl methyl sites for hydroxylation is 1. The third-order valence-corrected chi connectivity index (χ3v) is 7.23. The third kappa shape index (κ3) is 5.84. The molecule has 1 aliphatic heterocycles. The number of hydrogen-bond donors (Lipinski definition) is 1. The number of ether oxygens (including phenoxy) is 1. The number of anilines is 1. The maximum absolute atomic E-state index is 13.2. The minimum atomic E-state index is -0.775. The fourth-order valence-electron chi connectivity index (χ4n) is 3.48. The van der Waals surface area contributed by atoms with Crippen LogP contribution in [0.4, 0.5) is 10.5 Å². The molecule has 9 heteroatoms. The van der Waals surface area contributed by atoms with Crippen LogP contribution >= 0.6 is 54.5 Å². The molecule has 1 aliphatic rings. The molecule has 0 bridgehead atoms. The molecule has 3 aromatic carbocycles. The molecule has 1 fully saturated rings.